The fraction of sp³-hybridized carbons (Fsp3) is 0.538. The Labute approximate surface area is 86.1 Å². The third kappa shape index (κ3) is 1.23. The number of hydrogen-bond acceptors (Lipinski definition) is 1. The van der Waals surface area contributed by atoms with Gasteiger partial charge in [-0.05, 0) is 29.4 Å². The van der Waals surface area contributed by atoms with Gasteiger partial charge in [-0.3, -0.25) is 0 Å². The lowest BCUT2D eigenvalue weighted by Gasteiger charge is -2.31. The van der Waals surface area contributed by atoms with Gasteiger partial charge in [0.05, 0.1) is 7.11 Å². The van der Waals surface area contributed by atoms with Gasteiger partial charge in [-0.25, -0.2) is 0 Å². The maximum absolute atomic E-state index is 5.54. The Kier molecular flexibility index (Phi) is 2.26. The van der Waals surface area contributed by atoms with Crippen molar-refractivity contribution in [1.82, 2.24) is 0 Å². The molecule has 1 unspecified atom stereocenters. The van der Waals surface area contributed by atoms with E-state index < -0.39 is 0 Å². The summed E-state index contributed by atoms with van der Waals surface area (Å²) < 4.78 is 5.54. The zero-order valence-corrected chi connectivity index (χ0v) is 9.42. The smallest absolute Gasteiger partial charge is 0.126 e. The van der Waals surface area contributed by atoms with Crippen molar-refractivity contribution in [2.45, 2.75) is 39.0 Å². The summed E-state index contributed by atoms with van der Waals surface area (Å²) in [6.07, 6.45) is 1.21. The van der Waals surface area contributed by atoms with Crippen LogP contribution in [0.15, 0.2) is 12.1 Å². The van der Waals surface area contributed by atoms with E-state index in [2.05, 4.69) is 32.9 Å². The quantitative estimate of drug-likeness (QED) is 0.693. The van der Waals surface area contributed by atoms with Crippen molar-refractivity contribution in [3.05, 3.63) is 28.8 Å². The molecule has 1 atom stereocenters. The lowest BCUT2D eigenvalue weighted by Crippen LogP contribution is -2.16. The lowest BCUT2D eigenvalue weighted by atomic mass is 9.76. The standard InChI is InChI=1S/C13H18O/c1-8(2)11-6-5-10-7-9(3)12(10)13(11)14-4/h5-6,8-9H,7H2,1-4H3. The Hall–Kier alpha value is -0.980. The van der Waals surface area contributed by atoms with Gasteiger partial charge >= 0.3 is 0 Å². The van der Waals surface area contributed by atoms with Crippen LogP contribution in [0.3, 0.4) is 0 Å². The SMILES string of the molecule is COc1c(C(C)C)ccc2c1C(C)C2. The van der Waals surface area contributed by atoms with E-state index in [0.717, 1.165) is 5.75 Å². The first kappa shape index (κ1) is 9.57. The Balaban J connectivity index is 2.54. The second-order valence-corrected chi connectivity index (χ2v) is 4.52. The third-order valence-electron chi connectivity index (χ3n) is 3.16. The summed E-state index contributed by atoms with van der Waals surface area (Å²) >= 11 is 0. The average molecular weight is 190 g/mol. The van der Waals surface area contributed by atoms with Crippen LogP contribution in [0, 0.1) is 0 Å². The number of rotatable bonds is 2. The molecule has 0 saturated carbocycles. The maximum atomic E-state index is 5.54. The summed E-state index contributed by atoms with van der Waals surface area (Å²) in [6.45, 7) is 6.70. The van der Waals surface area contributed by atoms with Gasteiger partial charge in [-0.2, -0.15) is 0 Å². The molecule has 0 aromatic heterocycles. The Bertz CT molecular complexity index is 352. The highest BCUT2D eigenvalue weighted by atomic mass is 16.5. The number of methoxy groups -OCH3 is 1. The zero-order chi connectivity index (χ0) is 10.3. The molecular formula is C13H18O. The fourth-order valence-corrected chi connectivity index (χ4v) is 2.36. The van der Waals surface area contributed by atoms with Gasteiger partial charge < -0.3 is 4.74 Å². The molecule has 76 valence electrons. The van der Waals surface area contributed by atoms with E-state index in [1.54, 1.807) is 7.11 Å². The molecule has 0 aliphatic heterocycles. The van der Waals surface area contributed by atoms with Gasteiger partial charge in [-0.1, -0.05) is 32.9 Å². The van der Waals surface area contributed by atoms with Crippen molar-refractivity contribution in [3.63, 3.8) is 0 Å². The van der Waals surface area contributed by atoms with E-state index >= 15 is 0 Å². The molecule has 1 aromatic carbocycles. The first-order valence-corrected chi connectivity index (χ1v) is 5.34. The van der Waals surface area contributed by atoms with E-state index in [9.17, 15) is 0 Å². The molecule has 0 saturated heterocycles. The topological polar surface area (TPSA) is 9.23 Å². The van der Waals surface area contributed by atoms with Crippen LogP contribution in [0.2, 0.25) is 0 Å². The van der Waals surface area contributed by atoms with Crippen LogP contribution in [0.25, 0.3) is 0 Å². The minimum atomic E-state index is 0.544. The van der Waals surface area contributed by atoms with Gasteiger partial charge in [0.25, 0.3) is 0 Å². The van der Waals surface area contributed by atoms with Crippen LogP contribution in [0.4, 0.5) is 0 Å². The lowest BCUT2D eigenvalue weighted by molar-refractivity contribution is 0.392. The van der Waals surface area contributed by atoms with Crippen molar-refractivity contribution < 1.29 is 4.74 Å². The summed E-state index contributed by atoms with van der Waals surface area (Å²) in [5.74, 6) is 2.36. The highest BCUT2D eigenvalue weighted by Crippen LogP contribution is 2.44. The molecule has 0 N–H and O–H groups in total. The zero-order valence-electron chi connectivity index (χ0n) is 9.42. The maximum Gasteiger partial charge on any atom is 0.126 e. The Morgan fingerprint density at radius 2 is 2.07 bits per heavy atom. The van der Waals surface area contributed by atoms with Crippen LogP contribution in [-0.2, 0) is 6.42 Å². The van der Waals surface area contributed by atoms with E-state index in [1.165, 1.54) is 23.1 Å². The monoisotopic (exact) mass is 190 g/mol. The van der Waals surface area contributed by atoms with Crippen LogP contribution in [-0.4, -0.2) is 7.11 Å². The average Bonchev–Trinajstić information content (AvgIpc) is 2.14. The highest BCUT2D eigenvalue weighted by molar-refractivity contribution is 5.54. The number of benzene rings is 1. The van der Waals surface area contributed by atoms with Gasteiger partial charge in [0.15, 0.2) is 0 Å². The van der Waals surface area contributed by atoms with Crippen LogP contribution < -0.4 is 4.74 Å². The summed E-state index contributed by atoms with van der Waals surface area (Å²) in [5, 5.41) is 0. The molecule has 1 heteroatoms. The molecule has 1 aliphatic carbocycles. The predicted octanol–water partition coefficient (Wildman–Crippen LogP) is 3.48. The third-order valence-corrected chi connectivity index (χ3v) is 3.16. The second kappa shape index (κ2) is 3.30. The largest absolute Gasteiger partial charge is 0.496 e. The summed E-state index contributed by atoms with van der Waals surface area (Å²) in [4.78, 5) is 0. The van der Waals surface area contributed by atoms with Crippen molar-refractivity contribution in [3.8, 4) is 5.75 Å². The fourth-order valence-electron chi connectivity index (χ4n) is 2.36. The van der Waals surface area contributed by atoms with Crippen molar-refractivity contribution in [2.75, 3.05) is 7.11 Å². The number of ether oxygens (including phenoxy) is 1. The van der Waals surface area contributed by atoms with E-state index in [1.807, 2.05) is 0 Å². The summed E-state index contributed by atoms with van der Waals surface area (Å²) in [5.41, 5.74) is 4.26. The molecule has 14 heavy (non-hydrogen) atoms. The normalized spacial score (nSPS) is 19.1. The van der Waals surface area contributed by atoms with Crippen molar-refractivity contribution in [1.29, 1.82) is 0 Å². The van der Waals surface area contributed by atoms with Crippen LogP contribution in [0.5, 0.6) is 5.75 Å². The predicted molar refractivity (Wildman–Crippen MR) is 59.2 cm³/mol. The molecule has 1 aliphatic rings. The van der Waals surface area contributed by atoms with E-state index in [-0.39, 0.29) is 0 Å². The van der Waals surface area contributed by atoms with E-state index in [0.29, 0.717) is 11.8 Å². The van der Waals surface area contributed by atoms with Crippen molar-refractivity contribution >= 4 is 0 Å². The van der Waals surface area contributed by atoms with Crippen LogP contribution in [0.1, 0.15) is 49.3 Å². The molecule has 0 heterocycles. The van der Waals surface area contributed by atoms with Gasteiger partial charge in [0.1, 0.15) is 5.75 Å². The first-order chi connectivity index (χ1) is 6.65. The summed E-state index contributed by atoms with van der Waals surface area (Å²) in [7, 11) is 1.78. The molecule has 0 fully saturated rings. The first-order valence-electron chi connectivity index (χ1n) is 5.34. The molecule has 0 spiro atoms. The van der Waals surface area contributed by atoms with Crippen LogP contribution >= 0.6 is 0 Å². The molecule has 0 amide bonds. The summed E-state index contributed by atoms with van der Waals surface area (Å²) in [6, 6.07) is 4.47. The minimum Gasteiger partial charge on any atom is -0.496 e. The Morgan fingerprint density at radius 3 is 2.57 bits per heavy atom. The molecule has 0 bridgehead atoms. The molecule has 1 nitrogen and oxygen atoms in total. The highest BCUT2D eigenvalue weighted by Gasteiger charge is 2.28. The minimum absolute atomic E-state index is 0.544. The molecule has 0 radical (unpaired) electrons. The van der Waals surface area contributed by atoms with Gasteiger partial charge in [0.2, 0.25) is 0 Å². The molecule has 2 rings (SSSR count). The number of hydrogen-bond donors (Lipinski definition) is 0. The number of fused-ring (bicyclic) bond motifs is 1. The Morgan fingerprint density at radius 1 is 1.36 bits per heavy atom. The van der Waals surface area contributed by atoms with E-state index in [4.69, 9.17) is 4.74 Å². The van der Waals surface area contributed by atoms with Gasteiger partial charge in [0, 0.05) is 5.56 Å². The molecular weight excluding hydrogens is 172 g/mol. The van der Waals surface area contributed by atoms with Crippen molar-refractivity contribution in [2.24, 2.45) is 0 Å². The molecule has 1 aromatic rings. The second-order valence-electron chi connectivity index (χ2n) is 4.52. The van der Waals surface area contributed by atoms with Gasteiger partial charge in [-0.15, -0.1) is 0 Å².